The topological polar surface area (TPSA) is 39.1 Å². The van der Waals surface area contributed by atoms with Crippen LogP contribution in [0.5, 0.6) is 0 Å². The van der Waals surface area contributed by atoms with Crippen molar-refractivity contribution in [3.05, 3.63) is 0 Å². The number of nitriles is 1. The van der Waals surface area contributed by atoms with Crippen molar-refractivity contribution in [1.29, 1.82) is 5.26 Å². The van der Waals surface area contributed by atoms with E-state index in [1.165, 1.54) is 45.2 Å². The van der Waals surface area contributed by atoms with Crippen LogP contribution < -0.4 is 5.32 Å². The minimum absolute atomic E-state index is 0.355. The molecule has 3 nitrogen and oxygen atoms in total. The van der Waals surface area contributed by atoms with Crippen LogP contribution in [0.25, 0.3) is 0 Å². The van der Waals surface area contributed by atoms with Crippen LogP contribution in [-0.4, -0.2) is 35.6 Å². The number of hydrogen-bond acceptors (Lipinski definition) is 3. The third kappa shape index (κ3) is 3.96. The lowest BCUT2D eigenvalue weighted by atomic mass is 9.77. The summed E-state index contributed by atoms with van der Waals surface area (Å²) in [5.41, 5.74) is 0.188. The van der Waals surface area contributed by atoms with Crippen molar-refractivity contribution in [2.75, 3.05) is 13.1 Å². The van der Waals surface area contributed by atoms with Gasteiger partial charge in [-0.05, 0) is 64.5 Å². The van der Waals surface area contributed by atoms with Gasteiger partial charge in [-0.15, -0.1) is 0 Å². The molecule has 1 aliphatic heterocycles. The normalized spacial score (nSPS) is 27.6. The molecule has 0 aromatic rings. The summed E-state index contributed by atoms with van der Waals surface area (Å²) >= 11 is 0. The van der Waals surface area contributed by atoms with Gasteiger partial charge in [0.25, 0.3) is 0 Å². The van der Waals surface area contributed by atoms with Gasteiger partial charge in [-0.1, -0.05) is 20.3 Å². The fraction of sp³-hybridized carbons (Fsp3) is 0.941. The van der Waals surface area contributed by atoms with Crippen molar-refractivity contribution in [3.8, 4) is 6.07 Å². The Morgan fingerprint density at radius 2 is 2.00 bits per heavy atom. The van der Waals surface area contributed by atoms with E-state index in [9.17, 15) is 5.26 Å². The number of likely N-dealkylation sites (tertiary alicyclic amines) is 1. The molecular formula is C17H31N3. The van der Waals surface area contributed by atoms with Crippen LogP contribution in [0, 0.1) is 16.7 Å². The molecule has 1 saturated heterocycles. The van der Waals surface area contributed by atoms with Gasteiger partial charge in [0.2, 0.25) is 0 Å². The predicted octanol–water partition coefficient (Wildman–Crippen LogP) is 3.31. The summed E-state index contributed by atoms with van der Waals surface area (Å²) in [5.74, 6) is 0. The third-order valence-corrected chi connectivity index (χ3v) is 5.53. The quantitative estimate of drug-likeness (QED) is 0.809. The Labute approximate surface area is 124 Å². The lowest BCUT2D eigenvalue weighted by Crippen LogP contribution is -2.50. The zero-order chi connectivity index (χ0) is 14.8. The molecule has 2 atom stereocenters. The lowest BCUT2D eigenvalue weighted by Gasteiger charge is -2.43. The molecule has 1 N–H and O–H groups in total. The average Bonchev–Trinajstić information content (AvgIpc) is 3.23. The third-order valence-electron chi connectivity index (χ3n) is 5.53. The van der Waals surface area contributed by atoms with Gasteiger partial charge < -0.3 is 4.90 Å². The summed E-state index contributed by atoms with van der Waals surface area (Å²) in [5, 5.41) is 13.0. The summed E-state index contributed by atoms with van der Waals surface area (Å²) in [6.45, 7) is 11.5. The van der Waals surface area contributed by atoms with E-state index < -0.39 is 0 Å². The van der Waals surface area contributed by atoms with Crippen LogP contribution in [0.2, 0.25) is 0 Å². The van der Waals surface area contributed by atoms with Crippen molar-refractivity contribution < 1.29 is 0 Å². The van der Waals surface area contributed by atoms with Crippen LogP contribution >= 0.6 is 0 Å². The molecular weight excluding hydrogens is 246 g/mol. The van der Waals surface area contributed by atoms with Crippen molar-refractivity contribution in [3.63, 3.8) is 0 Å². The monoisotopic (exact) mass is 277 g/mol. The molecule has 20 heavy (non-hydrogen) atoms. The first-order valence-corrected chi connectivity index (χ1v) is 8.33. The molecule has 0 bridgehead atoms. The van der Waals surface area contributed by atoms with E-state index in [0.29, 0.717) is 17.5 Å². The van der Waals surface area contributed by atoms with Crippen molar-refractivity contribution in [2.45, 2.75) is 83.8 Å². The Morgan fingerprint density at radius 3 is 2.45 bits per heavy atom. The van der Waals surface area contributed by atoms with Gasteiger partial charge in [0.1, 0.15) is 5.54 Å². The molecule has 0 aromatic heterocycles. The van der Waals surface area contributed by atoms with E-state index in [1.54, 1.807) is 0 Å². The molecule has 1 saturated carbocycles. The van der Waals surface area contributed by atoms with E-state index >= 15 is 0 Å². The standard InChI is InChI=1S/C17H31N3/c1-5-16(3)8-10-20(11-9-16)14(2)12-17(4,13-18)19-15-6-7-15/h14-15,19H,5-12H2,1-4H3. The summed E-state index contributed by atoms with van der Waals surface area (Å²) in [4.78, 5) is 2.58. The zero-order valence-electron chi connectivity index (χ0n) is 13.7. The molecule has 0 amide bonds. The van der Waals surface area contributed by atoms with Gasteiger partial charge in [0.15, 0.2) is 0 Å². The zero-order valence-corrected chi connectivity index (χ0v) is 13.7. The molecule has 0 radical (unpaired) electrons. The molecule has 2 unspecified atom stereocenters. The highest BCUT2D eigenvalue weighted by atomic mass is 15.2. The predicted molar refractivity (Wildman–Crippen MR) is 83.5 cm³/mol. The van der Waals surface area contributed by atoms with Crippen molar-refractivity contribution >= 4 is 0 Å². The highest BCUT2D eigenvalue weighted by Gasteiger charge is 2.36. The lowest BCUT2D eigenvalue weighted by molar-refractivity contribution is 0.0761. The largest absolute Gasteiger partial charge is 0.301 e. The molecule has 114 valence electrons. The highest BCUT2D eigenvalue weighted by Crippen LogP contribution is 2.35. The van der Waals surface area contributed by atoms with E-state index in [0.717, 1.165) is 6.42 Å². The van der Waals surface area contributed by atoms with Crippen molar-refractivity contribution in [1.82, 2.24) is 10.2 Å². The van der Waals surface area contributed by atoms with Gasteiger partial charge in [-0.3, -0.25) is 5.32 Å². The first-order chi connectivity index (χ1) is 9.40. The maximum atomic E-state index is 9.50. The Bertz CT molecular complexity index is 361. The van der Waals surface area contributed by atoms with Crippen LogP contribution in [0.4, 0.5) is 0 Å². The Kier molecular flexibility index (Phi) is 4.76. The molecule has 0 aromatic carbocycles. The fourth-order valence-electron chi connectivity index (χ4n) is 3.39. The van der Waals surface area contributed by atoms with Crippen molar-refractivity contribution in [2.24, 2.45) is 5.41 Å². The number of nitrogens with one attached hydrogen (secondary N) is 1. The maximum Gasteiger partial charge on any atom is 0.105 e. The Morgan fingerprint density at radius 1 is 1.40 bits per heavy atom. The summed E-state index contributed by atoms with van der Waals surface area (Å²) < 4.78 is 0. The van der Waals surface area contributed by atoms with Crippen LogP contribution in [0.15, 0.2) is 0 Å². The summed E-state index contributed by atoms with van der Waals surface area (Å²) in [6, 6.07) is 3.60. The Balaban J connectivity index is 1.85. The smallest absolute Gasteiger partial charge is 0.105 e. The number of hydrogen-bond donors (Lipinski definition) is 1. The van der Waals surface area contributed by atoms with Gasteiger partial charge in [0, 0.05) is 12.1 Å². The Hall–Kier alpha value is -0.590. The van der Waals surface area contributed by atoms with Gasteiger partial charge >= 0.3 is 0 Å². The number of rotatable bonds is 6. The second kappa shape index (κ2) is 6.03. The molecule has 2 rings (SSSR count). The minimum Gasteiger partial charge on any atom is -0.301 e. The van der Waals surface area contributed by atoms with E-state index in [4.69, 9.17) is 0 Å². The van der Waals surface area contributed by atoms with Crippen LogP contribution in [-0.2, 0) is 0 Å². The first-order valence-electron chi connectivity index (χ1n) is 8.33. The maximum absolute atomic E-state index is 9.50. The highest BCUT2D eigenvalue weighted by molar-refractivity contribution is 5.08. The molecule has 1 aliphatic carbocycles. The second-order valence-electron chi connectivity index (χ2n) is 7.62. The van der Waals surface area contributed by atoms with Gasteiger partial charge in [-0.25, -0.2) is 0 Å². The van der Waals surface area contributed by atoms with E-state index in [1.807, 2.05) is 0 Å². The number of nitrogens with zero attached hydrogens (tertiary/aromatic N) is 2. The van der Waals surface area contributed by atoms with E-state index in [-0.39, 0.29) is 5.54 Å². The minimum atomic E-state index is -0.355. The fourth-order valence-corrected chi connectivity index (χ4v) is 3.39. The number of piperidine rings is 1. The molecule has 3 heteroatoms. The van der Waals surface area contributed by atoms with Gasteiger partial charge in [0.05, 0.1) is 6.07 Å². The summed E-state index contributed by atoms with van der Waals surface area (Å²) in [6.07, 6.45) is 7.30. The SMILES string of the molecule is CCC1(C)CCN(C(C)CC(C)(C#N)NC2CC2)CC1. The average molecular weight is 277 g/mol. The molecule has 0 spiro atoms. The molecule has 2 fully saturated rings. The van der Waals surface area contributed by atoms with Crippen LogP contribution in [0.1, 0.15) is 66.2 Å². The van der Waals surface area contributed by atoms with Gasteiger partial charge in [-0.2, -0.15) is 5.26 Å². The summed E-state index contributed by atoms with van der Waals surface area (Å²) in [7, 11) is 0. The first kappa shape index (κ1) is 15.8. The van der Waals surface area contributed by atoms with Crippen LogP contribution in [0.3, 0.4) is 0 Å². The van der Waals surface area contributed by atoms with E-state index in [2.05, 4.69) is 44.0 Å². The molecule has 2 aliphatic rings. The molecule has 1 heterocycles. The second-order valence-corrected chi connectivity index (χ2v) is 7.62.